The third kappa shape index (κ3) is 2.24. The Hall–Kier alpha value is -1.81. The molecule has 1 aromatic carbocycles. The molecule has 0 saturated heterocycles. The maximum absolute atomic E-state index is 12.0. The van der Waals surface area contributed by atoms with E-state index >= 15 is 0 Å². The molecule has 0 aliphatic carbocycles. The summed E-state index contributed by atoms with van der Waals surface area (Å²) in [5.41, 5.74) is 9.56. The smallest absolute Gasteiger partial charge is 0.270 e. The van der Waals surface area contributed by atoms with E-state index in [1.807, 2.05) is 12.1 Å². The van der Waals surface area contributed by atoms with Crippen molar-refractivity contribution in [2.75, 3.05) is 6.54 Å². The molecule has 0 bridgehead atoms. The minimum Gasteiger partial charge on any atom is -0.330 e. The van der Waals surface area contributed by atoms with Crippen molar-refractivity contribution in [1.29, 1.82) is 0 Å². The second kappa shape index (κ2) is 5.23. The van der Waals surface area contributed by atoms with Gasteiger partial charge in [-0.25, -0.2) is 0 Å². The Morgan fingerprint density at radius 2 is 1.94 bits per heavy atom. The molecular weight excluding hydrogens is 226 g/mol. The van der Waals surface area contributed by atoms with Crippen LogP contribution in [0.4, 0.5) is 0 Å². The fourth-order valence-corrected chi connectivity index (χ4v) is 2.12. The van der Waals surface area contributed by atoms with E-state index in [1.165, 1.54) is 10.2 Å². The summed E-state index contributed by atoms with van der Waals surface area (Å²) in [4.78, 5) is 12.0. The lowest BCUT2D eigenvalue weighted by atomic mass is 10.0. The molecule has 18 heavy (non-hydrogen) atoms. The van der Waals surface area contributed by atoms with Crippen molar-refractivity contribution in [3.63, 3.8) is 0 Å². The van der Waals surface area contributed by atoms with Gasteiger partial charge in [-0.2, -0.15) is 0 Å². The van der Waals surface area contributed by atoms with E-state index in [9.17, 15) is 4.79 Å². The number of nitrogens with zero attached hydrogens (tertiary/aromatic N) is 1. The number of benzene rings is 1. The molecule has 0 radical (unpaired) electrons. The number of H-pyrrole nitrogens is 1. The van der Waals surface area contributed by atoms with Crippen LogP contribution in [0.5, 0.6) is 0 Å². The molecule has 0 aliphatic heterocycles. The van der Waals surface area contributed by atoms with Crippen LogP contribution in [0.15, 0.2) is 29.1 Å². The Balaban J connectivity index is 2.48. The first-order valence-corrected chi connectivity index (χ1v) is 6.24. The number of aryl methyl sites for hydroxylation is 2. The first-order valence-electron chi connectivity index (χ1n) is 6.24. The Morgan fingerprint density at radius 1 is 1.28 bits per heavy atom. The highest BCUT2D eigenvalue weighted by Crippen LogP contribution is 2.20. The molecule has 0 amide bonds. The Bertz CT molecular complexity index is 578. The highest BCUT2D eigenvalue weighted by molar-refractivity contribution is 5.63. The van der Waals surface area contributed by atoms with Crippen LogP contribution in [0.25, 0.3) is 11.3 Å². The van der Waals surface area contributed by atoms with Crippen molar-refractivity contribution in [1.82, 2.24) is 9.78 Å². The van der Waals surface area contributed by atoms with Crippen LogP contribution in [0.2, 0.25) is 0 Å². The molecule has 3 N–H and O–H groups in total. The highest BCUT2D eigenvalue weighted by atomic mass is 16.1. The van der Waals surface area contributed by atoms with Crippen molar-refractivity contribution >= 4 is 0 Å². The largest absolute Gasteiger partial charge is 0.330 e. The van der Waals surface area contributed by atoms with E-state index in [0.717, 1.165) is 23.2 Å². The molecule has 0 saturated carbocycles. The molecule has 2 rings (SSSR count). The topological polar surface area (TPSA) is 63.8 Å². The Kier molecular flexibility index (Phi) is 3.67. The van der Waals surface area contributed by atoms with E-state index in [4.69, 9.17) is 5.73 Å². The Labute approximate surface area is 106 Å². The van der Waals surface area contributed by atoms with Crippen LogP contribution in [-0.4, -0.2) is 16.3 Å². The summed E-state index contributed by atoms with van der Waals surface area (Å²) in [7, 11) is 1.73. The molecular formula is C14H19N3O. The molecule has 1 heterocycles. The summed E-state index contributed by atoms with van der Waals surface area (Å²) in [6.45, 7) is 2.60. The molecule has 4 nitrogen and oxygen atoms in total. The first kappa shape index (κ1) is 12.6. The summed E-state index contributed by atoms with van der Waals surface area (Å²) in [5.74, 6) is 0. The number of rotatable bonds is 4. The quantitative estimate of drug-likeness (QED) is 0.856. The lowest BCUT2D eigenvalue weighted by Gasteiger charge is -2.03. The molecule has 4 heteroatoms. The van der Waals surface area contributed by atoms with Gasteiger partial charge < -0.3 is 5.73 Å². The maximum Gasteiger partial charge on any atom is 0.270 e. The van der Waals surface area contributed by atoms with E-state index < -0.39 is 0 Å². The Morgan fingerprint density at radius 3 is 2.50 bits per heavy atom. The number of aromatic amines is 1. The minimum absolute atomic E-state index is 0.00928. The first-order chi connectivity index (χ1) is 8.67. The van der Waals surface area contributed by atoms with Crippen molar-refractivity contribution in [3.05, 3.63) is 45.7 Å². The van der Waals surface area contributed by atoms with Crippen LogP contribution in [0.3, 0.4) is 0 Å². The van der Waals surface area contributed by atoms with Gasteiger partial charge in [-0.15, -0.1) is 0 Å². The predicted molar refractivity (Wildman–Crippen MR) is 73.6 cm³/mol. The van der Waals surface area contributed by atoms with Gasteiger partial charge in [0.2, 0.25) is 0 Å². The fourth-order valence-electron chi connectivity index (χ4n) is 2.12. The average Bonchev–Trinajstić information content (AvgIpc) is 2.68. The van der Waals surface area contributed by atoms with Crippen molar-refractivity contribution in [2.24, 2.45) is 12.8 Å². The van der Waals surface area contributed by atoms with Crippen LogP contribution in [-0.2, 0) is 19.9 Å². The lowest BCUT2D eigenvalue weighted by molar-refractivity contribution is 0.739. The van der Waals surface area contributed by atoms with Gasteiger partial charge in [-0.3, -0.25) is 14.6 Å². The summed E-state index contributed by atoms with van der Waals surface area (Å²) in [6, 6.07) is 8.27. The SMILES string of the molecule is CCc1ccc(-c2[nH]n(C)c(=O)c2CCN)cc1. The van der Waals surface area contributed by atoms with E-state index in [1.54, 1.807) is 7.05 Å². The van der Waals surface area contributed by atoms with E-state index in [0.29, 0.717) is 13.0 Å². The minimum atomic E-state index is 0.00928. The zero-order valence-corrected chi connectivity index (χ0v) is 10.9. The molecule has 96 valence electrons. The van der Waals surface area contributed by atoms with E-state index in [-0.39, 0.29) is 5.56 Å². The molecule has 0 atom stereocenters. The number of hydrogen-bond acceptors (Lipinski definition) is 2. The van der Waals surface area contributed by atoms with Gasteiger partial charge in [0.25, 0.3) is 5.56 Å². The summed E-state index contributed by atoms with van der Waals surface area (Å²) >= 11 is 0. The second-order valence-corrected chi connectivity index (χ2v) is 4.42. The van der Waals surface area contributed by atoms with Crippen LogP contribution >= 0.6 is 0 Å². The van der Waals surface area contributed by atoms with Gasteiger partial charge in [0.1, 0.15) is 0 Å². The van der Waals surface area contributed by atoms with Gasteiger partial charge >= 0.3 is 0 Å². The van der Waals surface area contributed by atoms with Gasteiger partial charge in [0.05, 0.1) is 5.69 Å². The highest BCUT2D eigenvalue weighted by Gasteiger charge is 2.13. The maximum atomic E-state index is 12.0. The number of nitrogens with one attached hydrogen (secondary N) is 1. The number of hydrogen-bond donors (Lipinski definition) is 2. The van der Waals surface area contributed by atoms with Crippen molar-refractivity contribution < 1.29 is 0 Å². The van der Waals surface area contributed by atoms with E-state index in [2.05, 4.69) is 24.2 Å². The van der Waals surface area contributed by atoms with Crippen molar-refractivity contribution in [2.45, 2.75) is 19.8 Å². The van der Waals surface area contributed by atoms with Gasteiger partial charge in [0, 0.05) is 12.6 Å². The van der Waals surface area contributed by atoms with Crippen LogP contribution < -0.4 is 11.3 Å². The predicted octanol–water partition coefficient (Wildman–Crippen LogP) is 1.44. The number of nitrogens with two attached hydrogens (primary N) is 1. The zero-order valence-electron chi connectivity index (χ0n) is 10.9. The fraction of sp³-hybridized carbons (Fsp3) is 0.357. The third-order valence-corrected chi connectivity index (χ3v) is 3.19. The molecule has 1 aromatic heterocycles. The van der Waals surface area contributed by atoms with Gasteiger partial charge in [-0.1, -0.05) is 31.2 Å². The van der Waals surface area contributed by atoms with Gasteiger partial charge in [0.15, 0.2) is 0 Å². The summed E-state index contributed by atoms with van der Waals surface area (Å²) < 4.78 is 1.51. The standard InChI is InChI=1S/C14H19N3O/c1-3-10-4-6-11(7-5-10)13-12(8-9-15)14(18)17(2)16-13/h4-7,16H,3,8-9,15H2,1-2H3. The molecule has 2 aromatic rings. The second-order valence-electron chi connectivity index (χ2n) is 4.42. The number of aromatic nitrogens is 2. The summed E-state index contributed by atoms with van der Waals surface area (Å²) in [5, 5.41) is 3.10. The molecule has 0 aliphatic rings. The molecule has 0 unspecified atom stereocenters. The molecule has 0 spiro atoms. The van der Waals surface area contributed by atoms with Gasteiger partial charge in [-0.05, 0) is 30.5 Å². The average molecular weight is 245 g/mol. The van der Waals surface area contributed by atoms with Crippen LogP contribution in [0, 0.1) is 0 Å². The zero-order chi connectivity index (χ0) is 13.1. The summed E-state index contributed by atoms with van der Waals surface area (Å²) in [6.07, 6.45) is 1.61. The normalized spacial score (nSPS) is 10.8. The lowest BCUT2D eigenvalue weighted by Crippen LogP contribution is -2.17. The van der Waals surface area contributed by atoms with Crippen LogP contribution in [0.1, 0.15) is 18.1 Å². The monoisotopic (exact) mass is 245 g/mol. The van der Waals surface area contributed by atoms with Crippen molar-refractivity contribution in [3.8, 4) is 11.3 Å². The third-order valence-electron chi connectivity index (χ3n) is 3.19. The molecule has 0 fully saturated rings.